The molecule has 2 heterocycles. The zero-order valence-corrected chi connectivity index (χ0v) is 14.1. The summed E-state index contributed by atoms with van der Waals surface area (Å²) in [6, 6.07) is 4.23. The van der Waals surface area contributed by atoms with Crippen LogP contribution >= 0.6 is 11.3 Å². The van der Waals surface area contributed by atoms with Gasteiger partial charge in [-0.05, 0) is 56.3 Å². The molecule has 2 N–H and O–H groups in total. The van der Waals surface area contributed by atoms with Gasteiger partial charge in [-0.2, -0.15) is 0 Å². The fourth-order valence-corrected chi connectivity index (χ4v) is 3.42. The van der Waals surface area contributed by atoms with Crippen LogP contribution in [-0.4, -0.2) is 44.1 Å². The lowest BCUT2D eigenvalue weighted by Gasteiger charge is -2.32. The maximum absolute atomic E-state index is 4.30. The molecule has 1 aromatic rings. The second-order valence-electron chi connectivity index (χ2n) is 5.67. The Hall–Kier alpha value is -1.07. The number of likely N-dealkylation sites (tertiary alicyclic amines) is 1. The van der Waals surface area contributed by atoms with Crippen LogP contribution in [0.1, 0.15) is 31.1 Å². The van der Waals surface area contributed by atoms with E-state index in [1.165, 1.54) is 43.8 Å². The Kier molecular flexibility index (Phi) is 7.03. The number of hydrogen-bond donors (Lipinski definition) is 2. The summed E-state index contributed by atoms with van der Waals surface area (Å²) < 4.78 is 0. The van der Waals surface area contributed by atoms with Gasteiger partial charge in [0, 0.05) is 18.5 Å². The van der Waals surface area contributed by atoms with E-state index in [1.54, 1.807) is 11.3 Å². The maximum Gasteiger partial charge on any atom is 0.191 e. The van der Waals surface area contributed by atoms with E-state index in [0.29, 0.717) is 0 Å². The van der Waals surface area contributed by atoms with E-state index in [2.05, 4.69) is 45.0 Å². The summed E-state index contributed by atoms with van der Waals surface area (Å²) in [4.78, 5) is 8.23. The van der Waals surface area contributed by atoms with Gasteiger partial charge in [0.1, 0.15) is 0 Å². The van der Waals surface area contributed by atoms with E-state index < -0.39 is 0 Å². The van der Waals surface area contributed by atoms with Crippen molar-refractivity contribution in [2.75, 3.05) is 33.2 Å². The molecular weight excluding hydrogens is 280 g/mol. The molecule has 0 unspecified atom stereocenters. The molecule has 0 aromatic carbocycles. The van der Waals surface area contributed by atoms with Gasteiger partial charge in [0.2, 0.25) is 0 Å². The van der Waals surface area contributed by atoms with E-state index in [9.17, 15) is 0 Å². The standard InChI is InChI=1S/C16H28N4S/c1-3-8-20-9-6-14(7-10-20)12-18-16(17-2)19-13-15-5-4-11-21-15/h4-5,11,14H,3,6-10,12-13H2,1-2H3,(H2,17,18,19). The van der Waals surface area contributed by atoms with Crippen LogP contribution in [0, 0.1) is 5.92 Å². The number of nitrogens with one attached hydrogen (secondary N) is 2. The summed E-state index contributed by atoms with van der Waals surface area (Å²) in [6.07, 6.45) is 3.87. The first kappa shape index (κ1) is 16.3. The first-order chi connectivity index (χ1) is 10.3. The van der Waals surface area contributed by atoms with E-state index in [0.717, 1.165) is 25.0 Å². The predicted molar refractivity (Wildman–Crippen MR) is 92.0 cm³/mol. The molecule has 1 saturated heterocycles. The number of aliphatic imine (C=N–C) groups is 1. The van der Waals surface area contributed by atoms with E-state index in [-0.39, 0.29) is 0 Å². The summed E-state index contributed by atoms with van der Waals surface area (Å²) >= 11 is 1.78. The molecule has 0 atom stereocenters. The molecule has 0 amide bonds. The average Bonchev–Trinajstić information content (AvgIpc) is 3.03. The van der Waals surface area contributed by atoms with E-state index in [1.807, 2.05) is 7.05 Å². The fraction of sp³-hybridized carbons (Fsp3) is 0.688. The van der Waals surface area contributed by atoms with Crippen LogP contribution in [0.4, 0.5) is 0 Å². The Labute approximate surface area is 132 Å². The number of nitrogens with zero attached hydrogens (tertiary/aromatic N) is 2. The summed E-state index contributed by atoms with van der Waals surface area (Å²) in [5.74, 6) is 1.69. The minimum atomic E-state index is 0.776. The van der Waals surface area contributed by atoms with Gasteiger partial charge < -0.3 is 15.5 Å². The predicted octanol–water partition coefficient (Wildman–Crippen LogP) is 2.54. The van der Waals surface area contributed by atoms with Crippen molar-refractivity contribution in [2.45, 2.75) is 32.7 Å². The van der Waals surface area contributed by atoms with Crippen LogP contribution < -0.4 is 10.6 Å². The van der Waals surface area contributed by atoms with Crippen molar-refractivity contribution >= 4 is 17.3 Å². The highest BCUT2D eigenvalue weighted by Gasteiger charge is 2.18. The Balaban J connectivity index is 1.64. The molecular formula is C16H28N4S. The summed E-state index contributed by atoms with van der Waals surface area (Å²) in [5, 5.41) is 8.96. The highest BCUT2D eigenvalue weighted by atomic mass is 32.1. The molecule has 0 spiro atoms. The van der Waals surface area contributed by atoms with Crippen molar-refractivity contribution in [1.29, 1.82) is 0 Å². The minimum Gasteiger partial charge on any atom is -0.356 e. The third-order valence-corrected chi connectivity index (χ3v) is 4.92. The maximum atomic E-state index is 4.30. The third-order valence-electron chi connectivity index (χ3n) is 4.04. The van der Waals surface area contributed by atoms with E-state index >= 15 is 0 Å². The highest BCUT2D eigenvalue weighted by Crippen LogP contribution is 2.16. The smallest absolute Gasteiger partial charge is 0.191 e. The molecule has 4 nitrogen and oxygen atoms in total. The lowest BCUT2D eigenvalue weighted by molar-refractivity contribution is 0.185. The molecule has 0 bridgehead atoms. The molecule has 0 saturated carbocycles. The van der Waals surface area contributed by atoms with Crippen molar-refractivity contribution in [3.8, 4) is 0 Å². The van der Waals surface area contributed by atoms with Crippen molar-refractivity contribution in [3.05, 3.63) is 22.4 Å². The molecule has 1 aliphatic heterocycles. The molecule has 1 aliphatic rings. The molecule has 1 fully saturated rings. The molecule has 2 rings (SSSR count). The normalized spacial score (nSPS) is 17.9. The molecule has 118 valence electrons. The van der Waals surface area contributed by atoms with Crippen LogP contribution in [0.15, 0.2) is 22.5 Å². The van der Waals surface area contributed by atoms with Gasteiger partial charge in [0.25, 0.3) is 0 Å². The number of guanidine groups is 1. The van der Waals surface area contributed by atoms with Crippen molar-refractivity contribution in [1.82, 2.24) is 15.5 Å². The summed E-state index contributed by atoms with van der Waals surface area (Å²) in [6.45, 7) is 7.90. The Morgan fingerprint density at radius 2 is 2.19 bits per heavy atom. The van der Waals surface area contributed by atoms with Gasteiger partial charge in [-0.3, -0.25) is 4.99 Å². The van der Waals surface area contributed by atoms with Crippen LogP contribution in [0.25, 0.3) is 0 Å². The molecule has 1 aromatic heterocycles. The second kappa shape index (κ2) is 9.05. The van der Waals surface area contributed by atoms with Crippen LogP contribution in [-0.2, 0) is 6.54 Å². The number of rotatable bonds is 6. The average molecular weight is 308 g/mol. The number of piperidine rings is 1. The lowest BCUT2D eigenvalue weighted by atomic mass is 9.97. The monoisotopic (exact) mass is 308 g/mol. The zero-order chi connectivity index (χ0) is 14.9. The quantitative estimate of drug-likeness (QED) is 0.627. The van der Waals surface area contributed by atoms with Gasteiger partial charge in [-0.15, -0.1) is 11.3 Å². The van der Waals surface area contributed by atoms with Crippen molar-refractivity contribution in [3.63, 3.8) is 0 Å². The molecule has 0 aliphatic carbocycles. The first-order valence-electron chi connectivity index (χ1n) is 8.01. The van der Waals surface area contributed by atoms with Crippen LogP contribution in [0.2, 0.25) is 0 Å². The molecule has 21 heavy (non-hydrogen) atoms. The van der Waals surface area contributed by atoms with E-state index in [4.69, 9.17) is 0 Å². The van der Waals surface area contributed by atoms with Gasteiger partial charge in [-0.25, -0.2) is 0 Å². The number of hydrogen-bond acceptors (Lipinski definition) is 3. The first-order valence-corrected chi connectivity index (χ1v) is 8.89. The van der Waals surface area contributed by atoms with Crippen molar-refractivity contribution < 1.29 is 0 Å². The Morgan fingerprint density at radius 3 is 2.81 bits per heavy atom. The topological polar surface area (TPSA) is 39.7 Å². The van der Waals surface area contributed by atoms with Crippen molar-refractivity contribution in [2.24, 2.45) is 10.9 Å². The largest absolute Gasteiger partial charge is 0.356 e. The Morgan fingerprint density at radius 1 is 1.38 bits per heavy atom. The van der Waals surface area contributed by atoms with Crippen LogP contribution in [0.5, 0.6) is 0 Å². The number of thiophene rings is 1. The third kappa shape index (κ3) is 5.67. The van der Waals surface area contributed by atoms with Gasteiger partial charge >= 0.3 is 0 Å². The van der Waals surface area contributed by atoms with Gasteiger partial charge in [0.15, 0.2) is 5.96 Å². The lowest BCUT2D eigenvalue weighted by Crippen LogP contribution is -2.42. The zero-order valence-electron chi connectivity index (χ0n) is 13.3. The Bertz CT molecular complexity index is 408. The highest BCUT2D eigenvalue weighted by molar-refractivity contribution is 7.09. The minimum absolute atomic E-state index is 0.776. The SMILES string of the molecule is CCCN1CCC(CNC(=NC)NCc2cccs2)CC1. The molecule has 5 heteroatoms. The van der Waals surface area contributed by atoms with Gasteiger partial charge in [-0.1, -0.05) is 13.0 Å². The summed E-state index contributed by atoms with van der Waals surface area (Å²) in [5.41, 5.74) is 0. The fourth-order valence-electron chi connectivity index (χ4n) is 2.78. The molecule has 0 radical (unpaired) electrons. The van der Waals surface area contributed by atoms with Gasteiger partial charge in [0.05, 0.1) is 6.54 Å². The van der Waals surface area contributed by atoms with Crippen LogP contribution in [0.3, 0.4) is 0 Å². The second-order valence-corrected chi connectivity index (χ2v) is 6.70. The summed E-state index contributed by atoms with van der Waals surface area (Å²) in [7, 11) is 1.84.